The minimum Gasteiger partial charge on any atom is -0.445 e. The second-order valence-electron chi connectivity index (χ2n) is 5.36. The van der Waals surface area contributed by atoms with Gasteiger partial charge in [0.25, 0.3) is 0 Å². The van der Waals surface area contributed by atoms with Gasteiger partial charge in [-0.15, -0.1) is 0 Å². The first-order valence-corrected chi connectivity index (χ1v) is 6.30. The lowest BCUT2D eigenvalue weighted by atomic mass is 9.87. The average Bonchev–Trinajstić information content (AvgIpc) is 2.36. The number of rotatable bonds is 4. The lowest BCUT2D eigenvalue weighted by Gasteiger charge is -2.19. The molecule has 0 radical (unpaired) electrons. The van der Waals surface area contributed by atoms with Gasteiger partial charge < -0.3 is 10.1 Å². The van der Waals surface area contributed by atoms with E-state index in [0.29, 0.717) is 6.54 Å². The highest BCUT2D eigenvalue weighted by molar-refractivity contribution is 5.67. The highest BCUT2D eigenvalue weighted by Gasteiger charge is 2.12. The highest BCUT2D eigenvalue weighted by atomic mass is 16.5. The summed E-state index contributed by atoms with van der Waals surface area (Å²) in [7, 11) is 0. The van der Waals surface area contributed by atoms with Crippen molar-refractivity contribution in [3.05, 3.63) is 35.4 Å². The molecule has 0 aromatic heterocycles. The van der Waals surface area contributed by atoms with Crippen LogP contribution < -0.4 is 5.32 Å². The molecule has 4 nitrogen and oxygen atoms in total. The molecule has 102 valence electrons. The summed E-state index contributed by atoms with van der Waals surface area (Å²) < 4.78 is 5.04. The molecule has 0 fully saturated rings. The lowest BCUT2D eigenvalue weighted by Crippen LogP contribution is -2.24. The van der Waals surface area contributed by atoms with Crippen molar-refractivity contribution in [3.8, 4) is 6.07 Å². The van der Waals surface area contributed by atoms with Crippen LogP contribution in [0.15, 0.2) is 24.3 Å². The van der Waals surface area contributed by atoms with Gasteiger partial charge in [-0.3, -0.25) is 0 Å². The van der Waals surface area contributed by atoms with Gasteiger partial charge in [0, 0.05) is 6.54 Å². The predicted octanol–water partition coefficient (Wildman–Crippen LogP) is 3.12. The van der Waals surface area contributed by atoms with Gasteiger partial charge in [0.15, 0.2) is 0 Å². The van der Waals surface area contributed by atoms with Crippen molar-refractivity contribution < 1.29 is 9.53 Å². The van der Waals surface area contributed by atoms with Crippen LogP contribution in [0.4, 0.5) is 4.79 Å². The predicted molar refractivity (Wildman–Crippen MR) is 73.6 cm³/mol. The van der Waals surface area contributed by atoms with Gasteiger partial charge in [-0.2, -0.15) is 5.26 Å². The molecule has 1 aromatic rings. The van der Waals surface area contributed by atoms with Crippen molar-refractivity contribution in [1.82, 2.24) is 5.32 Å². The first-order valence-electron chi connectivity index (χ1n) is 6.30. The Morgan fingerprint density at radius 1 is 1.32 bits per heavy atom. The van der Waals surface area contributed by atoms with Crippen LogP contribution in [0, 0.1) is 11.3 Å². The molecule has 1 rings (SSSR count). The van der Waals surface area contributed by atoms with E-state index in [1.54, 1.807) is 0 Å². The molecule has 0 aliphatic heterocycles. The molecule has 0 aliphatic rings. The van der Waals surface area contributed by atoms with Crippen molar-refractivity contribution >= 4 is 6.09 Å². The van der Waals surface area contributed by atoms with Crippen molar-refractivity contribution in [3.63, 3.8) is 0 Å². The van der Waals surface area contributed by atoms with E-state index in [1.807, 2.05) is 30.3 Å². The minimum atomic E-state index is -0.491. The summed E-state index contributed by atoms with van der Waals surface area (Å²) in [6.45, 7) is 7.02. The van der Waals surface area contributed by atoms with E-state index < -0.39 is 6.09 Å². The van der Waals surface area contributed by atoms with Gasteiger partial charge in [0.1, 0.15) is 6.61 Å². The number of ether oxygens (including phenoxy) is 1. The lowest BCUT2D eigenvalue weighted by molar-refractivity contribution is 0.140. The summed E-state index contributed by atoms with van der Waals surface area (Å²) in [5, 5.41) is 10.8. The number of carbonyl (C=O) groups is 1. The maximum atomic E-state index is 11.3. The van der Waals surface area contributed by atoms with E-state index in [1.165, 1.54) is 5.56 Å². The quantitative estimate of drug-likeness (QED) is 0.846. The first kappa shape index (κ1) is 15.0. The number of hydrogen-bond acceptors (Lipinski definition) is 3. The van der Waals surface area contributed by atoms with Gasteiger partial charge in [-0.1, -0.05) is 45.0 Å². The van der Waals surface area contributed by atoms with Crippen LogP contribution in [0.2, 0.25) is 0 Å². The third-order valence-electron chi connectivity index (χ3n) is 2.70. The fraction of sp³-hybridized carbons (Fsp3) is 0.467. The Kier molecular flexibility index (Phi) is 5.37. The number of nitrogens with one attached hydrogen (secondary N) is 1. The number of nitrogens with zero attached hydrogens (tertiary/aromatic N) is 1. The molecule has 0 heterocycles. The summed E-state index contributed by atoms with van der Waals surface area (Å²) in [5.74, 6) is 0. The SMILES string of the molecule is CC(C)(C)c1ccc(COC(=O)NCCC#N)cc1. The van der Waals surface area contributed by atoms with Crippen LogP contribution >= 0.6 is 0 Å². The molecular formula is C15H20N2O2. The standard InChI is InChI=1S/C15H20N2O2/c1-15(2,3)13-7-5-12(6-8-13)11-19-14(18)17-10-4-9-16/h5-8H,4,10-11H2,1-3H3,(H,17,18). The van der Waals surface area contributed by atoms with Crippen molar-refractivity contribution in [2.45, 2.75) is 39.2 Å². The number of amides is 1. The molecule has 0 spiro atoms. The zero-order valence-electron chi connectivity index (χ0n) is 11.7. The van der Waals surface area contributed by atoms with Gasteiger partial charge >= 0.3 is 6.09 Å². The van der Waals surface area contributed by atoms with Crippen molar-refractivity contribution in [2.24, 2.45) is 0 Å². The first-order chi connectivity index (χ1) is 8.93. The number of hydrogen-bond donors (Lipinski definition) is 1. The molecule has 0 bridgehead atoms. The zero-order chi connectivity index (χ0) is 14.3. The summed E-state index contributed by atoms with van der Waals surface area (Å²) in [4.78, 5) is 11.3. The second-order valence-corrected chi connectivity index (χ2v) is 5.36. The molecule has 0 saturated heterocycles. The van der Waals surface area contributed by atoms with E-state index >= 15 is 0 Å². The molecule has 0 unspecified atom stereocenters. The molecule has 19 heavy (non-hydrogen) atoms. The number of carbonyl (C=O) groups excluding carboxylic acids is 1. The Labute approximate surface area is 114 Å². The normalized spacial score (nSPS) is 10.6. The Morgan fingerprint density at radius 3 is 2.47 bits per heavy atom. The molecule has 4 heteroatoms. The van der Waals surface area contributed by atoms with Crippen LogP contribution in [0.5, 0.6) is 0 Å². The molecule has 1 amide bonds. The molecule has 0 atom stereocenters. The highest BCUT2D eigenvalue weighted by Crippen LogP contribution is 2.22. The van der Waals surface area contributed by atoms with Crippen LogP contribution in [-0.4, -0.2) is 12.6 Å². The zero-order valence-corrected chi connectivity index (χ0v) is 11.7. The van der Waals surface area contributed by atoms with Crippen molar-refractivity contribution in [2.75, 3.05) is 6.54 Å². The fourth-order valence-corrected chi connectivity index (χ4v) is 1.52. The summed E-state index contributed by atoms with van der Waals surface area (Å²) in [6, 6.07) is 9.97. The summed E-state index contributed by atoms with van der Waals surface area (Å²) in [5.41, 5.74) is 2.31. The fourth-order valence-electron chi connectivity index (χ4n) is 1.52. The smallest absolute Gasteiger partial charge is 0.407 e. The van der Waals surface area contributed by atoms with E-state index in [2.05, 4.69) is 26.1 Å². The largest absolute Gasteiger partial charge is 0.445 e. The monoisotopic (exact) mass is 260 g/mol. The topological polar surface area (TPSA) is 62.1 Å². The van der Waals surface area contributed by atoms with E-state index in [9.17, 15) is 4.79 Å². The Hall–Kier alpha value is -2.02. The molecule has 0 saturated carbocycles. The molecule has 1 N–H and O–H groups in total. The maximum absolute atomic E-state index is 11.3. The van der Waals surface area contributed by atoms with Crippen LogP contribution in [0.1, 0.15) is 38.3 Å². The minimum absolute atomic E-state index is 0.119. The van der Waals surface area contributed by atoms with Gasteiger partial charge in [-0.25, -0.2) is 4.79 Å². The van der Waals surface area contributed by atoms with Crippen molar-refractivity contribution in [1.29, 1.82) is 5.26 Å². The van der Waals surface area contributed by atoms with Gasteiger partial charge in [0.2, 0.25) is 0 Å². The van der Waals surface area contributed by atoms with Crippen LogP contribution in [0.25, 0.3) is 0 Å². The number of nitriles is 1. The maximum Gasteiger partial charge on any atom is 0.407 e. The Balaban J connectivity index is 2.42. The molecular weight excluding hydrogens is 240 g/mol. The third kappa shape index (κ3) is 5.43. The van der Waals surface area contributed by atoms with E-state index in [-0.39, 0.29) is 18.4 Å². The Morgan fingerprint density at radius 2 is 1.95 bits per heavy atom. The average molecular weight is 260 g/mol. The molecule has 0 aliphatic carbocycles. The van der Waals surface area contributed by atoms with Gasteiger partial charge in [-0.05, 0) is 16.5 Å². The Bertz CT molecular complexity index is 453. The number of benzene rings is 1. The summed E-state index contributed by atoms with van der Waals surface area (Å²) in [6.07, 6.45) is -0.204. The van der Waals surface area contributed by atoms with Gasteiger partial charge in [0.05, 0.1) is 12.5 Å². The van der Waals surface area contributed by atoms with E-state index in [4.69, 9.17) is 10.00 Å². The second kappa shape index (κ2) is 6.79. The van der Waals surface area contributed by atoms with Crippen LogP contribution in [0.3, 0.4) is 0 Å². The third-order valence-corrected chi connectivity index (χ3v) is 2.70. The summed E-state index contributed by atoms with van der Waals surface area (Å²) >= 11 is 0. The molecule has 1 aromatic carbocycles. The van der Waals surface area contributed by atoms with Crippen LogP contribution in [-0.2, 0) is 16.8 Å². The van der Waals surface area contributed by atoms with E-state index in [0.717, 1.165) is 5.56 Å². The number of alkyl carbamates (subject to hydrolysis) is 1.